The standard InChI is InChI=1S/C25H31F3N4S2/c1-18-24(34-17-32(18)23-9-4-5-11-29-23)33-14-6-12-30-15-19-10-13-31(22(19)16-30)21-8-3-2-7-20(21)25(26,27)28/h2-5,7-9,11,18-19,22,24H,6,10,12-17H2,1H3. The fraction of sp³-hybridized carbons (Fsp3) is 0.560. The molecule has 3 saturated heterocycles. The summed E-state index contributed by atoms with van der Waals surface area (Å²) in [6.45, 7) is 5.88. The van der Waals surface area contributed by atoms with Crippen molar-refractivity contribution in [3.8, 4) is 0 Å². The van der Waals surface area contributed by atoms with Gasteiger partial charge in [-0.15, -0.1) is 23.5 Å². The first-order chi connectivity index (χ1) is 16.4. The first-order valence-corrected chi connectivity index (χ1v) is 14.1. The van der Waals surface area contributed by atoms with Crippen LogP contribution in [0.5, 0.6) is 0 Å². The van der Waals surface area contributed by atoms with E-state index < -0.39 is 11.7 Å². The molecule has 0 saturated carbocycles. The highest BCUT2D eigenvalue weighted by molar-refractivity contribution is 8.17. The maximum absolute atomic E-state index is 13.6. The summed E-state index contributed by atoms with van der Waals surface area (Å²) in [5.41, 5.74) is -0.155. The third-order valence-corrected chi connectivity index (χ3v) is 10.5. The van der Waals surface area contributed by atoms with Crippen LogP contribution in [0.15, 0.2) is 48.7 Å². The van der Waals surface area contributed by atoms with Gasteiger partial charge in [-0.05, 0) is 62.2 Å². The van der Waals surface area contributed by atoms with Crippen LogP contribution in [0.4, 0.5) is 24.7 Å². The Morgan fingerprint density at radius 3 is 2.71 bits per heavy atom. The molecule has 0 radical (unpaired) electrons. The van der Waals surface area contributed by atoms with Crippen LogP contribution in [-0.2, 0) is 6.18 Å². The van der Waals surface area contributed by atoms with Gasteiger partial charge in [0.05, 0.1) is 16.0 Å². The maximum Gasteiger partial charge on any atom is 0.418 e. The van der Waals surface area contributed by atoms with Crippen molar-refractivity contribution in [3.05, 3.63) is 54.2 Å². The van der Waals surface area contributed by atoms with Crippen molar-refractivity contribution >= 4 is 35.0 Å². The second-order valence-corrected chi connectivity index (χ2v) is 12.0. The Morgan fingerprint density at radius 1 is 1.09 bits per heavy atom. The van der Waals surface area contributed by atoms with Crippen molar-refractivity contribution in [1.82, 2.24) is 9.88 Å². The quantitative estimate of drug-likeness (QED) is 0.447. The number of alkyl halides is 3. The number of aromatic nitrogens is 1. The maximum atomic E-state index is 13.6. The largest absolute Gasteiger partial charge is 0.418 e. The van der Waals surface area contributed by atoms with Crippen LogP contribution in [0.2, 0.25) is 0 Å². The van der Waals surface area contributed by atoms with Crippen molar-refractivity contribution in [1.29, 1.82) is 0 Å². The second kappa shape index (κ2) is 10.2. The van der Waals surface area contributed by atoms with Crippen molar-refractivity contribution in [2.75, 3.05) is 47.6 Å². The molecule has 4 nitrogen and oxygen atoms in total. The van der Waals surface area contributed by atoms with Gasteiger partial charge in [-0.2, -0.15) is 13.2 Å². The minimum absolute atomic E-state index is 0.188. The summed E-state index contributed by atoms with van der Waals surface area (Å²) in [6, 6.07) is 12.7. The van der Waals surface area contributed by atoms with E-state index in [1.54, 1.807) is 12.1 Å². The molecule has 0 aliphatic carbocycles. The van der Waals surface area contributed by atoms with Gasteiger partial charge in [0.1, 0.15) is 5.82 Å². The number of para-hydroxylation sites is 1. The molecule has 0 bridgehead atoms. The van der Waals surface area contributed by atoms with Crippen molar-refractivity contribution < 1.29 is 13.2 Å². The van der Waals surface area contributed by atoms with Crippen LogP contribution < -0.4 is 9.80 Å². The molecule has 184 valence electrons. The van der Waals surface area contributed by atoms with Gasteiger partial charge < -0.3 is 14.7 Å². The van der Waals surface area contributed by atoms with Gasteiger partial charge in [0.25, 0.3) is 0 Å². The zero-order valence-corrected chi connectivity index (χ0v) is 21.0. The van der Waals surface area contributed by atoms with Crippen LogP contribution in [0.25, 0.3) is 0 Å². The molecule has 0 amide bonds. The molecule has 3 fully saturated rings. The zero-order chi connectivity index (χ0) is 23.7. The smallest absolute Gasteiger partial charge is 0.366 e. The van der Waals surface area contributed by atoms with Crippen LogP contribution in [0.3, 0.4) is 0 Å². The molecule has 1 aromatic heterocycles. The lowest BCUT2D eigenvalue weighted by molar-refractivity contribution is -0.137. The average Bonchev–Trinajstić information content (AvgIpc) is 3.51. The van der Waals surface area contributed by atoms with Gasteiger partial charge in [0, 0.05) is 43.6 Å². The number of anilines is 2. The summed E-state index contributed by atoms with van der Waals surface area (Å²) in [7, 11) is 0. The molecule has 9 heteroatoms. The fourth-order valence-corrected chi connectivity index (χ4v) is 8.44. The zero-order valence-electron chi connectivity index (χ0n) is 19.3. The van der Waals surface area contributed by atoms with E-state index in [-0.39, 0.29) is 6.04 Å². The van der Waals surface area contributed by atoms with Crippen molar-refractivity contribution in [2.45, 2.75) is 42.6 Å². The number of halogens is 3. The van der Waals surface area contributed by atoms with Crippen LogP contribution in [0, 0.1) is 5.92 Å². The number of rotatable bonds is 7. The molecule has 4 heterocycles. The lowest BCUT2D eigenvalue weighted by Crippen LogP contribution is -2.36. The van der Waals surface area contributed by atoms with Crippen molar-refractivity contribution in [3.63, 3.8) is 0 Å². The van der Waals surface area contributed by atoms with Gasteiger partial charge >= 0.3 is 6.18 Å². The first-order valence-electron chi connectivity index (χ1n) is 12.0. The second-order valence-electron chi connectivity index (χ2n) is 9.37. The Morgan fingerprint density at radius 2 is 1.91 bits per heavy atom. The number of benzene rings is 1. The van der Waals surface area contributed by atoms with E-state index in [1.807, 2.05) is 46.8 Å². The molecule has 3 aliphatic rings. The molecular weight excluding hydrogens is 477 g/mol. The van der Waals surface area contributed by atoms with Crippen LogP contribution in [0.1, 0.15) is 25.3 Å². The van der Waals surface area contributed by atoms with E-state index in [1.165, 1.54) is 12.1 Å². The predicted molar refractivity (Wildman–Crippen MR) is 137 cm³/mol. The van der Waals surface area contributed by atoms with E-state index >= 15 is 0 Å². The van der Waals surface area contributed by atoms with E-state index in [0.717, 1.165) is 56.5 Å². The molecule has 4 atom stereocenters. The Kier molecular flexibility index (Phi) is 7.23. The number of fused-ring (bicyclic) bond motifs is 1. The normalized spacial score (nSPS) is 27.5. The highest BCUT2D eigenvalue weighted by Crippen LogP contribution is 2.42. The van der Waals surface area contributed by atoms with Gasteiger partial charge in [-0.1, -0.05) is 18.2 Å². The fourth-order valence-electron chi connectivity index (χ4n) is 5.53. The molecule has 2 aromatic rings. The van der Waals surface area contributed by atoms with E-state index in [9.17, 15) is 13.2 Å². The van der Waals surface area contributed by atoms with Crippen molar-refractivity contribution in [2.24, 2.45) is 5.92 Å². The summed E-state index contributed by atoms with van der Waals surface area (Å²) in [5, 5.41) is 0. The Hall–Kier alpha value is -1.58. The minimum Gasteiger partial charge on any atom is -0.366 e. The Bertz CT molecular complexity index is 961. The highest BCUT2D eigenvalue weighted by Gasteiger charge is 2.44. The summed E-state index contributed by atoms with van der Waals surface area (Å²) < 4.78 is 41.2. The SMILES string of the molecule is CC1C(SCCCN2CC3CCN(c4ccccc4C(F)(F)F)C3C2)SCN1c1ccccn1. The number of thioether (sulfide) groups is 2. The molecular formula is C25H31F3N4S2. The topological polar surface area (TPSA) is 22.6 Å². The van der Waals surface area contributed by atoms with E-state index in [0.29, 0.717) is 22.2 Å². The average molecular weight is 509 g/mol. The Labute approximate surface area is 208 Å². The van der Waals surface area contributed by atoms with Gasteiger partial charge in [-0.3, -0.25) is 0 Å². The summed E-state index contributed by atoms with van der Waals surface area (Å²) in [6.07, 6.45) is -0.383. The molecule has 4 unspecified atom stereocenters. The van der Waals surface area contributed by atoms with Gasteiger partial charge in [-0.25, -0.2) is 4.98 Å². The number of pyridine rings is 1. The summed E-state index contributed by atoms with van der Waals surface area (Å²) in [5.74, 6) is 3.59. The lowest BCUT2D eigenvalue weighted by Gasteiger charge is -2.29. The molecule has 0 spiro atoms. The van der Waals surface area contributed by atoms with Gasteiger partial charge in [0.2, 0.25) is 0 Å². The number of hydrogen-bond donors (Lipinski definition) is 0. The Balaban J connectivity index is 1.10. The summed E-state index contributed by atoms with van der Waals surface area (Å²) in [4.78, 5) is 11.4. The molecule has 5 rings (SSSR count). The minimum atomic E-state index is -4.31. The molecule has 1 aromatic carbocycles. The lowest BCUT2D eigenvalue weighted by atomic mass is 10.0. The highest BCUT2D eigenvalue weighted by atomic mass is 32.2. The van der Waals surface area contributed by atoms with Crippen LogP contribution in [-0.4, -0.2) is 64.4 Å². The first kappa shape index (κ1) is 24.1. The number of hydrogen-bond acceptors (Lipinski definition) is 6. The molecule has 3 aliphatic heterocycles. The monoisotopic (exact) mass is 508 g/mol. The number of likely N-dealkylation sites (tertiary alicyclic amines) is 1. The third kappa shape index (κ3) is 5.02. The third-order valence-electron chi connectivity index (χ3n) is 7.25. The molecule has 0 N–H and O–H groups in total. The number of nitrogens with zero attached hydrogens (tertiary/aromatic N) is 4. The van der Waals surface area contributed by atoms with E-state index in [4.69, 9.17) is 0 Å². The van der Waals surface area contributed by atoms with Gasteiger partial charge in [0.15, 0.2) is 0 Å². The molecule has 34 heavy (non-hydrogen) atoms. The summed E-state index contributed by atoms with van der Waals surface area (Å²) >= 11 is 4.02. The van der Waals surface area contributed by atoms with E-state index in [2.05, 4.69) is 27.8 Å². The van der Waals surface area contributed by atoms with Crippen LogP contribution >= 0.6 is 23.5 Å². The predicted octanol–water partition coefficient (Wildman–Crippen LogP) is 5.66.